The Bertz CT molecular complexity index is 730. The van der Waals surface area contributed by atoms with E-state index in [-0.39, 0.29) is 5.97 Å². The van der Waals surface area contributed by atoms with Crippen LogP contribution in [0.3, 0.4) is 0 Å². The molecule has 0 aliphatic carbocycles. The summed E-state index contributed by atoms with van der Waals surface area (Å²) in [6.45, 7) is 0.245. The van der Waals surface area contributed by atoms with Crippen molar-refractivity contribution in [2.24, 2.45) is 0 Å². The van der Waals surface area contributed by atoms with Crippen molar-refractivity contribution in [3.63, 3.8) is 0 Å². The van der Waals surface area contributed by atoms with Gasteiger partial charge in [-0.15, -0.1) is 0 Å². The predicted octanol–water partition coefficient (Wildman–Crippen LogP) is 3.62. The number of hydrogen-bond acceptors (Lipinski definition) is 2. The van der Waals surface area contributed by atoms with Crippen LogP contribution in [0.2, 0.25) is 0 Å². The summed E-state index contributed by atoms with van der Waals surface area (Å²) in [7, 11) is 0. The molecule has 0 heterocycles. The summed E-state index contributed by atoms with van der Waals surface area (Å²) < 4.78 is 6.28. The zero-order chi connectivity index (χ0) is 17.1. The van der Waals surface area contributed by atoms with Crippen molar-refractivity contribution >= 4 is 28.7 Å². The fourth-order valence-corrected chi connectivity index (χ4v) is 7.81. The van der Waals surface area contributed by atoms with Gasteiger partial charge in [0.1, 0.15) is 0 Å². The van der Waals surface area contributed by atoms with Gasteiger partial charge in [0, 0.05) is 0 Å². The Morgan fingerprint density at radius 3 is 1.21 bits per heavy atom. The van der Waals surface area contributed by atoms with Crippen molar-refractivity contribution in [1.82, 2.24) is 0 Å². The van der Waals surface area contributed by atoms with E-state index < -0.39 is 6.83 Å². The Balaban J connectivity index is 2.45. The SMILES string of the molecule is CC(=O)OP(C)(c1ccccc1)(c1ccccc1)c1ccccc1. The Hall–Kier alpha value is -2.44. The molecule has 3 heteroatoms. The Morgan fingerprint density at radius 1 is 0.667 bits per heavy atom. The molecule has 24 heavy (non-hydrogen) atoms. The van der Waals surface area contributed by atoms with Crippen LogP contribution < -0.4 is 15.9 Å². The molecule has 122 valence electrons. The third-order valence-corrected chi connectivity index (χ3v) is 9.83. The summed E-state index contributed by atoms with van der Waals surface area (Å²) in [5, 5.41) is 3.11. The number of carbonyl (C=O) groups is 1. The van der Waals surface area contributed by atoms with Crippen molar-refractivity contribution in [3.8, 4) is 0 Å². The molecule has 3 rings (SSSR count). The van der Waals surface area contributed by atoms with E-state index in [1.165, 1.54) is 6.92 Å². The maximum absolute atomic E-state index is 12.2. The van der Waals surface area contributed by atoms with Gasteiger partial charge in [-0.05, 0) is 0 Å². The molecular formula is C21H21O2P. The molecule has 3 aromatic carbocycles. The third-order valence-electron chi connectivity index (χ3n) is 4.49. The van der Waals surface area contributed by atoms with Crippen LogP contribution in [0.4, 0.5) is 0 Å². The molecule has 0 saturated carbocycles. The maximum atomic E-state index is 12.2. The average Bonchev–Trinajstić information content (AvgIpc) is 2.63. The quantitative estimate of drug-likeness (QED) is 0.680. The van der Waals surface area contributed by atoms with Crippen molar-refractivity contribution in [1.29, 1.82) is 0 Å². The van der Waals surface area contributed by atoms with E-state index in [1.807, 2.05) is 54.6 Å². The summed E-state index contributed by atoms with van der Waals surface area (Å²) in [4.78, 5) is 12.2. The van der Waals surface area contributed by atoms with E-state index in [0.29, 0.717) is 0 Å². The van der Waals surface area contributed by atoms with Gasteiger partial charge in [0.15, 0.2) is 0 Å². The minimum atomic E-state index is -3.35. The minimum absolute atomic E-state index is 0.272. The van der Waals surface area contributed by atoms with Crippen LogP contribution in [0.1, 0.15) is 6.92 Å². The van der Waals surface area contributed by atoms with E-state index in [2.05, 4.69) is 43.1 Å². The van der Waals surface area contributed by atoms with Crippen LogP contribution >= 0.6 is 6.83 Å². The molecule has 0 radical (unpaired) electrons. The van der Waals surface area contributed by atoms with E-state index in [0.717, 1.165) is 15.9 Å². The number of hydrogen-bond donors (Lipinski definition) is 0. The van der Waals surface area contributed by atoms with Gasteiger partial charge in [-0.25, -0.2) is 0 Å². The van der Waals surface area contributed by atoms with Gasteiger partial charge in [-0.3, -0.25) is 0 Å². The molecule has 0 aliphatic rings. The van der Waals surface area contributed by atoms with Crippen LogP contribution in [-0.4, -0.2) is 12.6 Å². The molecule has 0 unspecified atom stereocenters. The van der Waals surface area contributed by atoms with E-state index in [9.17, 15) is 4.79 Å². The van der Waals surface area contributed by atoms with Crippen LogP contribution in [0.15, 0.2) is 91.0 Å². The van der Waals surface area contributed by atoms with E-state index in [1.54, 1.807) is 0 Å². The van der Waals surface area contributed by atoms with Crippen molar-refractivity contribution in [2.45, 2.75) is 6.92 Å². The molecule has 0 N–H and O–H groups in total. The second-order valence-corrected chi connectivity index (χ2v) is 10.7. The number of benzene rings is 3. The van der Waals surface area contributed by atoms with E-state index in [4.69, 9.17) is 4.52 Å². The molecule has 2 nitrogen and oxygen atoms in total. The van der Waals surface area contributed by atoms with E-state index >= 15 is 0 Å². The molecule has 3 aromatic rings. The molecular weight excluding hydrogens is 315 g/mol. The first-order valence-corrected chi connectivity index (χ1v) is 10.5. The van der Waals surface area contributed by atoms with Crippen LogP contribution in [0.5, 0.6) is 0 Å². The van der Waals surface area contributed by atoms with Gasteiger partial charge in [-0.2, -0.15) is 0 Å². The van der Waals surface area contributed by atoms with Crippen molar-refractivity contribution < 1.29 is 9.32 Å². The predicted molar refractivity (Wildman–Crippen MR) is 103 cm³/mol. The Labute approximate surface area is 143 Å². The topological polar surface area (TPSA) is 26.3 Å². The molecule has 0 aliphatic heterocycles. The van der Waals surface area contributed by atoms with Crippen molar-refractivity contribution in [2.75, 3.05) is 6.66 Å². The van der Waals surface area contributed by atoms with Gasteiger partial charge in [-0.1, -0.05) is 0 Å². The second kappa shape index (κ2) is 6.22. The van der Waals surface area contributed by atoms with Gasteiger partial charge < -0.3 is 0 Å². The molecule has 0 bridgehead atoms. The monoisotopic (exact) mass is 336 g/mol. The molecule has 0 aromatic heterocycles. The average molecular weight is 336 g/mol. The van der Waals surface area contributed by atoms with Crippen LogP contribution in [0, 0.1) is 0 Å². The first-order valence-electron chi connectivity index (χ1n) is 7.94. The summed E-state index contributed by atoms with van der Waals surface area (Å²) in [6.07, 6.45) is 0. The molecule has 0 amide bonds. The summed E-state index contributed by atoms with van der Waals surface area (Å²) in [5.74, 6) is -0.272. The molecule has 0 fully saturated rings. The summed E-state index contributed by atoms with van der Waals surface area (Å²) in [5.41, 5.74) is 0. The van der Waals surface area contributed by atoms with Crippen LogP contribution in [-0.2, 0) is 9.32 Å². The number of carbonyl (C=O) groups excluding carboxylic acids is 1. The van der Waals surface area contributed by atoms with Gasteiger partial charge >= 0.3 is 143 Å². The zero-order valence-corrected chi connectivity index (χ0v) is 14.8. The third kappa shape index (κ3) is 2.53. The summed E-state index contributed by atoms with van der Waals surface area (Å²) in [6, 6.07) is 30.3. The standard InChI is InChI=1S/C21H21O2P/c1-18(22)23-24(2,19-12-6-3-7-13-19,20-14-8-4-9-15-20)21-16-10-5-11-17-21/h3-17H,1-2H3. The molecule has 0 saturated heterocycles. The fraction of sp³-hybridized carbons (Fsp3) is 0.0952. The first kappa shape index (κ1) is 16.4. The van der Waals surface area contributed by atoms with Gasteiger partial charge in [0.05, 0.1) is 0 Å². The first-order chi connectivity index (χ1) is 11.6. The molecule has 0 spiro atoms. The summed E-state index contributed by atoms with van der Waals surface area (Å²) >= 11 is 0. The Morgan fingerprint density at radius 2 is 0.958 bits per heavy atom. The normalized spacial score (nSPS) is 12.8. The van der Waals surface area contributed by atoms with Crippen LogP contribution in [0.25, 0.3) is 0 Å². The van der Waals surface area contributed by atoms with Crippen molar-refractivity contribution in [3.05, 3.63) is 91.0 Å². The number of rotatable bonds is 4. The van der Waals surface area contributed by atoms with Gasteiger partial charge in [0.2, 0.25) is 0 Å². The fourth-order valence-electron chi connectivity index (χ4n) is 3.29. The van der Waals surface area contributed by atoms with Gasteiger partial charge in [0.25, 0.3) is 0 Å². The second-order valence-electron chi connectivity index (χ2n) is 6.05. The Kier molecular flexibility index (Phi) is 4.26. The zero-order valence-electron chi connectivity index (χ0n) is 13.9. The molecule has 0 atom stereocenters.